The van der Waals surface area contributed by atoms with Gasteiger partial charge < -0.3 is 15.6 Å². The lowest BCUT2D eigenvalue weighted by Crippen LogP contribution is -2.28. The van der Waals surface area contributed by atoms with Crippen LogP contribution in [0.4, 0.5) is 11.5 Å². The molecule has 0 spiro atoms. The molecule has 1 aromatic carbocycles. The molecule has 3 aromatic heterocycles. The van der Waals surface area contributed by atoms with Crippen molar-refractivity contribution in [2.75, 3.05) is 10.6 Å². The van der Waals surface area contributed by atoms with Crippen LogP contribution < -0.4 is 10.6 Å². The largest absolute Gasteiger partial charge is 0.337 e. The summed E-state index contributed by atoms with van der Waals surface area (Å²) in [7, 11) is 0. The number of carbonyl (C=O) groups excluding carboxylic acids is 2. The van der Waals surface area contributed by atoms with E-state index in [0.29, 0.717) is 34.9 Å². The second kappa shape index (κ2) is 10.7. The third-order valence-electron chi connectivity index (χ3n) is 7.19. The molecular formula is C29H30N6O2. The zero-order chi connectivity index (χ0) is 25.8. The van der Waals surface area contributed by atoms with Gasteiger partial charge in [-0.15, -0.1) is 6.58 Å². The van der Waals surface area contributed by atoms with Gasteiger partial charge in [-0.1, -0.05) is 19.1 Å². The molecule has 8 nitrogen and oxygen atoms in total. The Kier molecular flexibility index (Phi) is 7.07. The van der Waals surface area contributed by atoms with E-state index in [4.69, 9.17) is 0 Å². The number of imidazole rings is 1. The molecule has 8 heteroatoms. The number of aromatic nitrogens is 4. The quantitative estimate of drug-likeness (QED) is 0.279. The lowest BCUT2D eigenvalue weighted by molar-refractivity contribution is -0.121. The average Bonchev–Trinajstić information content (AvgIpc) is 3.37. The van der Waals surface area contributed by atoms with Crippen molar-refractivity contribution in [1.29, 1.82) is 0 Å². The predicted molar refractivity (Wildman–Crippen MR) is 145 cm³/mol. The first-order valence-electron chi connectivity index (χ1n) is 12.6. The third-order valence-corrected chi connectivity index (χ3v) is 7.19. The molecule has 0 bridgehead atoms. The first-order valence-corrected chi connectivity index (χ1v) is 12.6. The summed E-state index contributed by atoms with van der Waals surface area (Å²) in [5.74, 6) is 2.06. The van der Waals surface area contributed by atoms with Crippen molar-refractivity contribution in [3.63, 3.8) is 0 Å². The number of nitrogens with one attached hydrogen (secondary N) is 3. The Labute approximate surface area is 215 Å². The monoisotopic (exact) mass is 494 g/mol. The Bertz CT molecular complexity index is 1410. The van der Waals surface area contributed by atoms with Gasteiger partial charge in [0.15, 0.2) is 0 Å². The number of pyridine rings is 2. The average molecular weight is 495 g/mol. The molecule has 5 rings (SSSR count). The zero-order valence-corrected chi connectivity index (χ0v) is 20.8. The van der Waals surface area contributed by atoms with Crippen LogP contribution in [-0.4, -0.2) is 31.8 Å². The van der Waals surface area contributed by atoms with Crippen LogP contribution in [0.15, 0.2) is 73.6 Å². The minimum Gasteiger partial charge on any atom is -0.337 e. The van der Waals surface area contributed by atoms with Crippen LogP contribution in [0.3, 0.4) is 0 Å². The van der Waals surface area contributed by atoms with Gasteiger partial charge in [0, 0.05) is 29.4 Å². The Morgan fingerprint density at radius 1 is 1.05 bits per heavy atom. The number of fused-ring (bicyclic) bond motifs is 1. The van der Waals surface area contributed by atoms with E-state index in [-0.39, 0.29) is 17.7 Å². The van der Waals surface area contributed by atoms with E-state index < -0.39 is 0 Å². The number of anilines is 2. The van der Waals surface area contributed by atoms with Crippen molar-refractivity contribution in [3.05, 3.63) is 79.3 Å². The second-order valence-electron chi connectivity index (χ2n) is 9.61. The van der Waals surface area contributed by atoms with Gasteiger partial charge in [-0.05, 0) is 73.9 Å². The molecule has 0 saturated heterocycles. The Hall–Kier alpha value is -4.33. The van der Waals surface area contributed by atoms with Crippen molar-refractivity contribution in [3.8, 4) is 11.4 Å². The summed E-state index contributed by atoms with van der Waals surface area (Å²) in [6, 6.07) is 14.4. The van der Waals surface area contributed by atoms with Crippen LogP contribution in [0.5, 0.6) is 0 Å². The molecule has 3 N–H and O–H groups in total. The molecule has 1 aliphatic rings. The van der Waals surface area contributed by atoms with Gasteiger partial charge in [-0.25, -0.2) is 9.97 Å². The van der Waals surface area contributed by atoms with Gasteiger partial charge in [0.2, 0.25) is 5.91 Å². The van der Waals surface area contributed by atoms with Crippen molar-refractivity contribution in [2.24, 2.45) is 17.8 Å². The topological polar surface area (TPSA) is 113 Å². The summed E-state index contributed by atoms with van der Waals surface area (Å²) < 4.78 is 0. The standard InChI is InChI=1S/C29H30N6O2/c1-3-18(2)19-7-9-21(10-8-19)28(36)35-26-16-24-25(17-31-26)34-27(33-24)20-11-13-22(14-12-20)32-29(37)23-6-4-5-15-30-23/h3-6,11-19,21H,1,7-10H2,2H3,(H,32,37)(H,33,34)(H,31,35,36). The second-order valence-corrected chi connectivity index (χ2v) is 9.61. The van der Waals surface area contributed by atoms with Gasteiger partial charge in [-0.2, -0.15) is 0 Å². The number of carbonyl (C=O) groups is 2. The molecular weight excluding hydrogens is 464 g/mol. The number of hydrogen-bond donors (Lipinski definition) is 3. The first kappa shape index (κ1) is 24.4. The van der Waals surface area contributed by atoms with E-state index >= 15 is 0 Å². The molecule has 1 atom stereocenters. The summed E-state index contributed by atoms with van der Waals surface area (Å²) in [6.07, 6.45) is 9.16. The molecule has 3 heterocycles. The predicted octanol–water partition coefficient (Wildman–Crippen LogP) is 5.84. The molecule has 2 amide bonds. The smallest absolute Gasteiger partial charge is 0.274 e. The van der Waals surface area contributed by atoms with E-state index in [1.54, 1.807) is 36.7 Å². The molecule has 1 saturated carbocycles. The van der Waals surface area contributed by atoms with E-state index in [1.807, 2.05) is 30.3 Å². The van der Waals surface area contributed by atoms with Crippen molar-refractivity contribution < 1.29 is 9.59 Å². The van der Waals surface area contributed by atoms with Crippen LogP contribution >= 0.6 is 0 Å². The van der Waals surface area contributed by atoms with Crippen LogP contribution in [0.1, 0.15) is 43.1 Å². The Morgan fingerprint density at radius 2 is 1.84 bits per heavy atom. The van der Waals surface area contributed by atoms with Crippen molar-refractivity contribution in [1.82, 2.24) is 19.9 Å². The molecule has 4 aromatic rings. The lowest BCUT2D eigenvalue weighted by Gasteiger charge is -2.30. The van der Waals surface area contributed by atoms with Gasteiger partial charge >= 0.3 is 0 Å². The van der Waals surface area contributed by atoms with Crippen molar-refractivity contribution in [2.45, 2.75) is 32.6 Å². The van der Waals surface area contributed by atoms with E-state index in [0.717, 1.165) is 42.3 Å². The highest BCUT2D eigenvalue weighted by Crippen LogP contribution is 2.34. The highest BCUT2D eigenvalue weighted by molar-refractivity contribution is 6.02. The van der Waals surface area contributed by atoms with Gasteiger partial charge in [-0.3, -0.25) is 14.6 Å². The molecule has 0 aliphatic heterocycles. The summed E-state index contributed by atoms with van der Waals surface area (Å²) in [5.41, 5.74) is 3.38. The van der Waals surface area contributed by atoms with E-state index in [2.05, 4.69) is 44.1 Å². The number of H-pyrrole nitrogens is 1. The SMILES string of the molecule is C=CC(C)C1CCC(C(=O)Nc2cc3nc(-c4ccc(NC(=O)c5ccccn5)cc4)[nH]c3cn2)CC1. The molecule has 1 fully saturated rings. The summed E-state index contributed by atoms with van der Waals surface area (Å²) >= 11 is 0. The number of hydrogen-bond acceptors (Lipinski definition) is 5. The van der Waals surface area contributed by atoms with Crippen LogP contribution in [-0.2, 0) is 4.79 Å². The minimum atomic E-state index is -0.267. The number of benzene rings is 1. The number of rotatable bonds is 7. The highest BCUT2D eigenvalue weighted by atomic mass is 16.2. The molecule has 1 aliphatic carbocycles. The van der Waals surface area contributed by atoms with Crippen molar-refractivity contribution >= 4 is 34.4 Å². The molecule has 37 heavy (non-hydrogen) atoms. The molecule has 0 radical (unpaired) electrons. The fraction of sp³-hybridized carbons (Fsp3) is 0.276. The van der Waals surface area contributed by atoms with Gasteiger partial charge in [0.05, 0.1) is 17.2 Å². The van der Waals surface area contributed by atoms with Crippen LogP contribution in [0, 0.1) is 17.8 Å². The van der Waals surface area contributed by atoms with Crippen LogP contribution in [0.2, 0.25) is 0 Å². The lowest BCUT2D eigenvalue weighted by atomic mass is 9.76. The Morgan fingerprint density at radius 3 is 2.54 bits per heavy atom. The maximum atomic E-state index is 12.8. The van der Waals surface area contributed by atoms with E-state index in [1.165, 1.54) is 0 Å². The number of amides is 2. The summed E-state index contributed by atoms with van der Waals surface area (Å²) in [6.45, 7) is 6.10. The number of allylic oxidation sites excluding steroid dienone is 1. The van der Waals surface area contributed by atoms with E-state index in [9.17, 15) is 9.59 Å². The fourth-order valence-corrected chi connectivity index (χ4v) is 4.85. The zero-order valence-electron chi connectivity index (χ0n) is 20.8. The highest BCUT2D eigenvalue weighted by Gasteiger charge is 2.28. The number of nitrogens with zero attached hydrogens (tertiary/aromatic N) is 3. The van der Waals surface area contributed by atoms with Gasteiger partial charge in [0.25, 0.3) is 5.91 Å². The summed E-state index contributed by atoms with van der Waals surface area (Å²) in [4.78, 5) is 41.6. The first-order chi connectivity index (χ1) is 18.0. The maximum absolute atomic E-state index is 12.8. The summed E-state index contributed by atoms with van der Waals surface area (Å²) in [5, 5.41) is 5.82. The Balaban J connectivity index is 1.22. The number of aromatic amines is 1. The maximum Gasteiger partial charge on any atom is 0.274 e. The third kappa shape index (κ3) is 5.58. The fourth-order valence-electron chi connectivity index (χ4n) is 4.85. The molecule has 188 valence electrons. The minimum absolute atomic E-state index is 0.0113. The van der Waals surface area contributed by atoms with Crippen LogP contribution in [0.25, 0.3) is 22.4 Å². The molecule has 1 unspecified atom stereocenters. The normalized spacial score (nSPS) is 18.2. The van der Waals surface area contributed by atoms with Gasteiger partial charge in [0.1, 0.15) is 17.3 Å².